The minimum atomic E-state index is -1.44. The molecule has 148 valence electrons. The Hall–Kier alpha value is -2.24. The third-order valence-electron chi connectivity index (χ3n) is 3.98. The molecule has 0 aromatic heterocycles. The van der Waals surface area contributed by atoms with Crippen LogP contribution in [0.4, 0.5) is 0 Å². The molecule has 1 fully saturated rings. The summed E-state index contributed by atoms with van der Waals surface area (Å²) in [5.74, 6) is -3.50. The van der Waals surface area contributed by atoms with Crippen molar-refractivity contribution in [3.05, 3.63) is 0 Å². The van der Waals surface area contributed by atoms with Crippen LogP contribution in [0, 0.1) is 0 Å². The Morgan fingerprint density at radius 1 is 1.12 bits per heavy atom. The lowest BCUT2D eigenvalue weighted by Gasteiger charge is -2.25. The van der Waals surface area contributed by atoms with Crippen LogP contribution in [0.3, 0.4) is 0 Å². The Labute approximate surface area is 150 Å². The minimum Gasteiger partial charge on any atom is -0.480 e. The van der Waals surface area contributed by atoms with E-state index in [4.69, 9.17) is 5.11 Å². The van der Waals surface area contributed by atoms with Crippen molar-refractivity contribution >= 4 is 23.7 Å². The van der Waals surface area contributed by atoms with Gasteiger partial charge in [0.25, 0.3) is 0 Å². The number of hydrogen-bond donors (Lipinski definition) is 7. The van der Waals surface area contributed by atoms with Crippen molar-refractivity contribution in [3.8, 4) is 0 Å². The highest BCUT2D eigenvalue weighted by molar-refractivity contribution is 5.94. The second-order valence-corrected chi connectivity index (χ2v) is 6.19. The lowest BCUT2D eigenvalue weighted by molar-refractivity contribution is -0.142. The summed E-state index contributed by atoms with van der Waals surface area (Å²) < 4.78 is 0. The molecule has 0 radical (unpaired) electrons. The highest BCUT2D eigenvalue weighted by Gasteiger charge is 2.32. The van der Waals surface area contributed by atoms with Crippen LogP contribution < -0.4 is 21.3 Å². The largest absolute Gasteiger partial charge is 0.480 e. The molecular weight excluding hydrogens is 348 g/mol. The molecule has 1 heterocycles. The number of hydrogen-bond acceptors (Lipinski definition) is 7. The van der Waals surface area contributed by atoms with Crippen LogP contribution in [0.2, 0.25) is 0 Å². The maximum absolute atomic E-state index is 12.2. The van der Waals surface area contributed by atoms with Crippen molar-refractivity contribution in [3.63, 3.8) is 0 Å². The highest BCUT2D eigenvalue weighted by Crippen LogP contribution is 2.05. The molecule has 3 amide bonds. The van der Waals surface area contributed by atoms with Crippen LogP contribution in [0.15, 0.2) is 0 Å². The Kier molecular flexibility index (Phi) is 8.42. The van der Waals surface area contributed by atoms with Crippen molar-refractivity contribution in [2.45, 2.75) is 57.0 Å². The summed E-state index contributed by atoms with van der Waals surface area (Å²) in [6.07, 6.45) is 0.101. The molecule has 1 aliphatic heterocycles. The quantitative estimate of drug-likeness (QED) is 0.219. The van der Waals surface area contributed by atoms with Crippen LogP contribution >= 0.6 is 0 Å². The van der Waals surface area contributed by atoms with E-state index in [0.29, 0.717) is 13.0 Å². The third-order valence-corrected chi connectivity index (χ3v) is 3.98. The number of aliphatic carboxylic acids is 1. The van der Waals surface area contributed by atoms with Crippen molar-refractivity contribution in [1.29, 1.82) is 0 Å². The molecule has 11 heteroatoms. The molecule has 1 saturated heterocycles. The molecule has 0 spiro atoms. The van der Waals surface area contributed by atoms with Gasteiger partial charge in [0, 0.05) is 0 Å². The number of aliphatic hydroxyl groups excluding tert-OH is 2. The van der Waals surface area contributed by atoms with Gasteiger partial charge in [-0.2, -0.15) is 0 Å². The first-order chi connectivity index (χ1) is 12.2. The zero-order valence-electron chi connectivity index (χ0n) is 14.7. The van der Waals surface area contributed by atoms with E-state index in [-0.39, 0.29) is 0 Å². The zero-order chi connectivity index (χ0) is 19.9. The van der Waals surface area contributed by atoms with Gasteiger partial charge >= 0.3 is 5.97 Å². The summed E-state index contributed by atoms with van der Waals surface area (Å²) in [5.41, 5.74) is 0. The molecule has 0 aromatic carbocycles. The van der Waals surface area contributed by atoms with Gasteiger partial charge in [-0.1, -0.05) is 0 Å². The van der Waals surface area contributed by atoms with Crippen molar-refractivity contribution in [2.75, 3.05) is 13.2 Å². The second-order valence-electron chi connectivity index (χ2n) is 6.19. The van der Waals surface area contributed by atoms with Crippen LogP contribution in [0.25, 0.3) is 0 Å². The molecule has 5 unspecified atom stereocenters. The number of rotatable bonds is 9. The van der Waals surface area contributed by atoms with E-state index >= 15 is 0 Å². The van der Waals surface area contributed by atoms with Crippen LogP contribution in [-0.4, -0.2) is 82.4 Å². The zero-order valence-corrected chi connectivity index (χ0v) is 14.7. The fourth-order valence-corrected chi connectivity index (χ4v) is 2.40. The number of carboxylic acids is 1. The smallest absolute Gasteiger partial charge is 0.325 e. The molecule has 0 aliphatic carbocycles. The summed E-state index contributed by atoms with van der Waals surface area (Å²) in [4.78, 5) is 47.2. The van der Waals surface area contributed by atoms with Gasteiger partial charge in [0.05, 0.1) is 18.8 Å². The molecule has 5 atom stereocenters. The Morgan fingerprint density at radius 2 is 1.77 bits per heavy atom. The normalized spacial score (nSPS) is 21.2. The fourth-order valence-electron chi connectivity index (χ4n) is 2.40. The standard InChI is InChI=1S/C15H26N4O7/c1-7(15(25)26)17-14(24)11(8(2)21)19-13(23)10(6-20)18-12(22)9-4-3-5-16-9/h7-11,16,20-21H,3-6H2,1-2H3,(H,17,24)(H,18,22)(H,19,23)(H,25,26). The number of amides is 3. The van der Waals surface area contributed by atoms with Gasteiger partial charge in [0.15, 0.2) is 0 Å². The van der Waals surface area contributed by atoms with E-state index in [0.717, 1.165) is 6.42 Å². The van der Waals surface area contributed by atoms with Gasteiger partial charge in [0.2, 0.25) is 17.7 Å². The topological polar surface area (TPSA) is 177 Å². The molecule has 7 N–H and O–H groups in total. The summed E-state index contributed by atoms with van der Waals surface area (Å²) in [7, 11) is 0. The predicted molar refractivity (Wildman–Crippen MR) is 88.9 cm³/mol. The van der Waals surface area contributed by atoms with E-state index in [1.54, 1.807) is 0 Å². The van der Waals surface area contributed by atoms with Gasteiger partial charge < -0.3 is 36.6 Å². The number of carbonyl (C=O) groups excluding carboxylic acids is 3. The van der Waals surface area contributed by atoms with Gasteiger partial charge in [0.1, 0.15) is 18.1 Å². The molecule has 0 bridgehead atoms. The minimum absolute atomic E-state index is 0.450. The average Bonchev–Trinajstić information content (AvgIpc) is 3.11. The average molecular weight is 374 g/mol. The number of nitrogens with one attached hydrogen (secondary N) is 4. The first kappa shape index (κ1) is 21.8. The van der Waals surface area contributed by atoms with Crippen LogP contribution in [0.1, 0.15) is 26.7 Å². The van der Waals surface area contributed by atoms with E-state index in [9.17, 15) is 29.4 Å². The summed E-state index contributed by atoms with van der Waals surface area (Å²) in [6.45, 7) is 2.45. The number of carboxylic acid groups (broad SMARTS) is 1. The van der Waals surface area contributed by atoms with E-state index < -0.39 is 60.6 Å². The molecule has 26 heavy (non-hydrogen) atoms. The molecule has 0 saturated carbocycles. The Morgan fingerprint density at radius 3 is 2.23 bits per heavy atom. The lowest BCUT2D eigenvalue weighted by atomic mass is 10.1. The van der Waals surface area contributed by atoms with E-state index in [2.05, 4.69) is 21.3 Å². The van der Waals surface area contributed by atoms with Crippen molar-refractivity contribution in [1.82, 2.24) is 21.3 Å². The second kappa shape index (κ2) is 10.0. The van der Waals surface area contributed by atoms with Crippen LogP contribution in [-0.2, 0) is 19.2 Å². The summed E-state index contributed by atoms with van der Waals surface area (Å²) >= 11 is 0. The third kappa shape index (κ3) is 6.24. The lowest BCUT2D eigenvalue weighted by Crippen LogP contribution is -2.60. The summed E-state index contributed by atoms with van der Waals surface area (Å²) in [6, 6.07) is -4.43. The van der Waals surface area contributed by atoms with Gasteiger partial charge in [-0.15, -0.1) is 0 Å². The van der Waals surface area contributed by atoms with Gasteiger partial charge in [-0.3, -0.25) is 19.2 Å². The molecule has 0 aromatic rings. The maximum Gasteiger partial charge on any atom is 0.325 e. The first-order valence-electron chi connectivity index (χ1n) is 8.33. The van der Waals surface area contributed by atoms with E-state index in [1.807, 2.05) is 0 Å². The molecule has 1 aliphatic rings. The predicted octanol–water partition coefficient (Wildman–Crippen LogP) is -3.33. The summed E-state index contributed by atoms with van der Waals surface area (Å²) in [5, 5.41) is 37.6. The Bertz CT molecular complexity index is 534. The Balaban J connectivity index is 2.69. The number of aliphatic hydroxyl groups is 2. The number of carbonyl (C=O) groups is 4. The molecule has 1 rings (SSSR count). The van der Waals surface area contributed by atoms with Gasteiger partial charge in [-0.05, 0) is 33.2 Å². The monoisotopic (exact) mass is 374 g/mol. The highest BCUT2D eigenvalue weighted by atomic mass is 16.4. The fraction of sp³-hybridized carbons (Fsp3) is 0.733. The van der Waals surface area contributed by atoms with E-state index in [1.165, 1.54) is 13.8 Å². The van der Waals surface area contributed by atoms with Crippen LogP contribution in [0.5, 0.6) is 0 Å². The van der Waals surface area contributed by atoms with Gasteiger partial charge in [-0.25, -0.2) is 0 Å². The first-order valence-corrected chi connectivity index (χ1v) is 8.33. The SMILES string of the molecule is CC(NC(=O)C(NC(=O)C(CO)NC(=O)C1CCCN1)C(C)O)C(=O)O. The van der Waals surface area contributed by atoms with Crippen molar-refractivity contribution in [2.24, 2.45) is 0 Å². The maximum atomic E-state index is 12.2. The molecule has 11 nitrogen and oxygen atoms in total. The van der Waals surface area contributed by atoms with Crippen molar-refractivity contribution < 1.29 is 34.5 Å². The molecular formula is C15H26N4O7.